The highest BCUT2D eigenvalue weighted by Crippen LogP contribution is 2.42. The van der Waals surface area contributed by atoms with Gasteiger partial charge in [0.2, 0.25) is 0 Å². The SMILES string of the molecule is CC(C)c1c(C(=O)Nc2ccccc2)c(-c2ccccc2)c(-c2ccc(F)cc2)n1CC[C@@H](O)C[C@@H](O)CC(=O)O.NCCO. The molecule has 0 aliphatic carbocycles. The summed E-state index contributed by atoms with van der Waals surface area (Å²) in [7, 11) is 0. The lowest BCUT2D eigenvalue weighted by molar-refractivity contribution is -0.139. The lowest BCUT2D eigenvalue weighted by Crippen LogP contribution is -2.22. The molecule has 45 heavy (non-hydrogen) atoms. The van der Waals surface area contributed by atoms with E-state index in [4.69, 9.17) is 15.9 Å². The second kappa shape index (κ2) is 17.2. The van der Waals surface area contributed by atoms with Gasteiger partial charge in [0.1, 0.15) is 5.82 Å². The zero-order valence-electron chi connectivity index (χ0n) is 25.6. The number of amides is 1. The maximum atomic E-state index is 14.0. The molecule has 4 aromatic rings. The van der Waals surface area contributed by atoms with Crippen LogP contribution in [0.3, 0.4) is 0 Å². The Morgan fingerprint density at radius 2 is 1.47 bits per heavy atom. The number of hydrogen-bond donors (Lipinski definition) is 6. The van der Waals surface area contributed by atoms with Crippen molar-refractivity contribution in [1.29, 1.82) is 0 Å². The number of hydrogen-bond acceptors (Lipinski definition) is 6. The van der Waals surface area contributed by atoms with Crippen LogP contribution in [0.1, 0.15) is 55.1 Å². The van der Waals surface area contributed by atoms with Gasteiger partial charge in [0.25, 0.3) is 5.91 Å². The molecule has 9 nitrogen and oxygen atoms in total. The van der Waals surface area contributed by atoms with Crippen molar-refractivity contribution in [3.63, 3.8) is 0 Å². The first-order valence-corrected chi connectivity index (χ1v) is 14.9. The van der Waals surface area contributed by atoms with E-state index in [1.807, 2.05) is 79.1 Å². The van der Waals surface area contributed by atoms with Crippen molar-refractivity contribution in [2.24, 2.45) is 5.73 Å². The summed E-state index contributed by atoms with van der Waals surface area (Å²) in [5, 5.41) is 40.5. The van der Waals surface area contributed by atoms with Crippen LogP contribution in [-0.4, -0.2) is 62.2 Å². The van der Waals surface area contributed by atoms with Crippen molar-refractivity contribution in [3.05, 3.63) is 102 Å². The number of rotatable bonds is 13. The van der Waals surface area contributed by atoms with E-state index in [0.29, 0.717) is 34.6 Å². The molecular formula is C35H42FN3O6. The predicted octanol–water partition coefficient (Wildman–Crippen LogP) is 5.25. The van der Waals surface area contributed by atoms with Gasteiger partial charge in [-0.15, -0.1) is 0 Å². The maximum absolute atomic E-state index is 14.0. The third kappa shape index (κ3) is 9.82. The molecule has 0 unspecified atom stereocenters. The lowest BCUT2D eigenvalue weighted by atomic mass is 9.94. The van der Waals surface area contributed by atoms with Crippen LogP contribution < -0.4 is 11.1 Å². The average Bonchev–Trinajstić information content (AvgIpc) is 3.36. The number of carboxylic acids is 1. The molecule has 0 spiro atoms. The largest absolute Gasteiger partial charge is 0.481 e. The second-order valence-corrected chi connectivity index (χ2v) is 10.9. The average molecular weight is 620 g/mol. The molecule has 1 heterocycles. The van der Waals surface area contributed by atoms with Gasteiger partial charge in [-0.05, 0) is 66.3 Å². The molecule has 1 amide bonds. The number of benzene rings is 3. The highest BCUT2D eigenvalue weighted by atomic mass is 19.1. The Morgan fingerprint density at radius 1 is 0.889 bits per heavy atom. The molecule has 0 aliphatic rings. The van der Waals surface area contributed by atoms with Crippen molar-refractivity contribution < 1.29 is 34.4 Å². The van der Waals surface area contributed by atoms with Crippen molar-refractivity contribution in [2.75, 3.05) is 18.5 Å². The quantitative estimate of drug-likeness (QED) is 0.119. The van der Waals surface area contributed by atoms with Crippen LogP contribution in [0.2, 0.25) is 0 Å². The highest BCUT2D eigenvalue weighted by Gasteiger charge is 2.31. The first-order chi connectivity index (χ1) is 21.6. The van der Waals surface area contributed by atoms with Gasteiger partial charge in [-0.2, -0.15) is 0 Å². The molecule has 10 heteroatoms. The number of carbonyl (C=O) groups is 2. The Morgan fingerprint density at radius 3 is 2.00 bits per heavy atom. The number of aromatic nitrogens is 1. The molecule has 0 fully saturated rings. The van der Waals surface area contributed by atoms with Crippen LogP contribution in [0.4, 0.5) is 10.1 Å². The minimum Gasteiger partial charge on any atom is -0.481 e. The zero-order valence-corrected chi connectivity index (χ0v) is 25.6. The van der Waals surface area contributed by atoms with Gasteiger partial charge in [0.15, 0.2) is 0 Å². The van der Waals surface area contributed by atoms with Crippen LogP contribution in [0.25, 0.3) is 22.4 Å². The topological polar surface area (TPSA) is 158 Å². The fourth-order valence-corrected chi connectivity index (χ4v) is 5.20. The minimum absolute atomic E-state index is 0.0939. The van der Waals surface area contributed by atoms with Crippen LogP contribution in [0, 0.1) is 5.82 Å². The number of halogens is 1. The van der Waals surface area contributed by atoms with Gasteiger partial charge in [-0.1, -0.05) is 62.4 Å². The van der Waals surface area contributed by atoms with Gasteiger partial charge in [0.05, 0.1) is 36.5 Å². The molecule has 0 aliphatic heterocycles. The molecule has 0 saturated heterocycles. The second-order valence-electron chi connectivity index (χ2n) is 10.9. The molecule has 0 radical (unpaired) electrons. The summed E-state index contributed by atoms with van der Waals surface area (Å²) >= 11 is 0. The lowest BCUT2D eigenvalue weighted by Gasteiger charge is -2.20. The number of anilines is 1. The van der Waals surface area contributed by atoms with Gasteiger partial charge in [-0.3, -0.25) is 9.59 Å². The number of nitrogens with zero attached hydrogens (tertiary/aromatic N) is 1. The Hall–Kier alpha value is -4.35. The summed E-state index contributed by atoms with van der Waals surface area (Å²) in [6, 6.07) is 24.8. The van der Waals surface area contributed by atoms with Crippen molar-refractivity contribution in [1.82, 2.24) is 4.57 Å². The van der Waals surface area contributed by atoms with E-state index in [9.17, 15) is 24.2 Å². The third-order valence-electron chi connectivity index (χ3n) is 7.06. The molecule has 240 valence electrons. The molecular weight excluding hydrogens is 577 g/mol. The van der Waals surface area contributed by atoms with Gasteiger partial charge >= 0.3 is 5.97 Å². The predicted molar refractivity (Wildman–Crippen MR) is 173 cm³/mol. The van der Waals surface area contributed by atoms with E-state index in [2.05, 4.69) is 5.32 Å². The number of para-hydroxylation sites is 1. The van der Waals surface area contributed by atoms with Crippen LogP contribution in [0.15, 0.2) is 84.9 Å². The number of nitrogens with one attached hydrogen (secondary N) is 1. The van der Waals surface area contributed by atoms with E-state index >= 15 is 0 Å². The fraction of sp³-hybridized carbons (Fsp3) is 0.314. The molecule has 1 aromatic heterocycles. The van der Waals surface area contributed by atoms with E-state index in [1.54, 1.807) is 12.1 Å². The number of carboxylic acid groups (broad SMARTS) is 1. The number of aliphatic hydroxyl groups is 3. The highest BCUT2D eigenvalue weighted by molar-refractivity contribution is 6.12. The molecule has 0 saturated carbocycles. The van der Waals surface area contributed by atoms with E-state index < -0.39 is 24.6 Å². The molecule has 4 rings (SSSR count). The van der Waals surface area contributed by atoms with E-state index in [-0.39, 0.29) is 43.6 Å². The summed E-state index contributed by atoms with van der Waals surface area (Å²) in [4.78, 5) is 25.0. The minimum atomic E-state index is -1.18. The van der Waals surface area contributed by atoms with Crippen molar-refractivity contribution in [2.45, 2.75) is 57.8 Å². The molecule has 7 N–H and O–H groups in total. The monoisotopic (exact) mass is 619 g/mol. The van der Waals surface area contributed by atoms with Gasteiger partial charge in [-0.25, -0.2) is 4.39 Å². The van der Waals surface area contributed by atoms with Crippen LogP contribution in [-0.2, 0) is 11.3 Å². The van der Waals surface area contributed by atoms with E-state index in [0.717, 1.165) is 11.3 Å². The van der Waals surface area contributed by atoms with Gasteiger partial charge < -0.3 is 36.0 Å². The standard InChI is InChI=1S/C33H35FN2O5.C2H7NO/c1-21(2)31-30(33(41)35-25-11-7-4-8-12-25)29(22-9-5-3-6-10-22)32(23-13-15-24(34)16-14-23)36(31)18-17-26(37)19-27(38)20-28(39)40;3-1-2-4/h3-16,21,26-27,37-38H,17-20H2,1-2H3,(H,35,41)(H,39,40);4H,1-3H2/t26-,27-;/m1./s1. The molecule has 0 bridgehead atoms. The Bertz CT molecular complexity index is 1510. The van der Waals surface area contributed by atoms with Crippen molar-refractivity contribution in [3.8, 4) is 22.4 Å². The third-order valence-corrected chi connectivity index (χ3v) is 7.06. The number of nitrogens with two attached hydrogens (primary N) is 1. The number of carbonyl (C=O) groups excluding carboxylic acids is 1. The van der Waals surface area contributed by atoms with Crippen molar-refractivity contribution >= 4 is 17.6 Å². The van der Waals surface area contributed by atoms with E-state index in [1.165, 1.54) is 12.1 Å². The Kier molecular flexibility index (Phi) is 13.4. The summed E-state index contributed by atoms with van der Waals surface area (Å²) < 4.78 is 16.0. The fourth-order valence-electron chi connectivity index (χ4n) is 5.20. The Labute approximate surface area is 262 Å². The summed E-state index contributed by atoms with van der Waals surface area (Å²) in [6.07, 6.45) is -2.51. The van der Waals surface area contributed by atoms with Crippen LogP contribution in [0.5, 0.6) is 0 Å². The molecule has 2 atom stereocenters. The smallest absolute Gasteiger partial charge is 0.305 e. The first-order valence-electron chi connectivity index (χ1n) is 14.9. The number of aliphatic hydroxyl groups excluding tert-OH is 3. The normalized spacial score (nSPS) is 12.3. The summed E-state index contributed by atoms with van der Waals surface area (Å²) in [5.74, 6) is -1.93. The Balaban J connectivity index is 0.00000130. The van der Waals surface area contributed by atoms with Crippen LogP contribution >= 0.6 is 0 Å². The summed E-state index contributed by atoms with van der Waals surface area (Å²) in [6.45, 7) is 4.72. The number of aliphatic carboxylic acids is 1. The zero-order chi connectivity index (χ0) is 32.9. The maximum Gasteiger partial charge on any atom is 0.305 e. The summed E-state index contributed by atoms with van der Waals surface area (Å²) in [5.41, 5.74) is 9.55. The molecule has 3 aromatic carbocycles. The first kappa shape index (κ1) is 35.1. The van der Waals surface area contributed by atoms with Gasteiger partial charge in [0, 0.05) is 30.0 Å².